The molecule has 42 heavy (non-hydrogen) atoms. The van der Waals surface area contributed by atoms with Gasteiger partial charge in [0, 0.05) is 6.42 Å². The van der Waals surface area contributed by atoms with E-state index in [9.17, 15) is 30.3 Å². The Labute approximate surface area is 255 Å². The van der Waals surface area contributed by atoms with E-state index in [1.165, 1.54) is 83.5 Å². The molecule has 0 aromatic rings. The lowest BCUT2D eigenvalue weighted by Gasteiger charge is -2.40. The molecule has 1 fully saturated rings. The number of hydrogen-bond acceptors (Lipinski definition) is 8. The lowest BCUT2D eigenvalue weighted by Crippen LogP contribution is -2.60. The minimum Gasteiger partial charge on any atom is -0.394 e. The Hall–Kier alpha value is -0.810. The molecule has 1 aliphatic heterocycles. The molecule has 0 spiro atoms. The topological polar surface area (TPSA) is 149 Å². The fourth-order valence-corrected chi connectivity index (χ4v) is 5.57. The molecule has 9 nitrogen and oxygen atoms in total. The van der Waals surface area contributed by atoms with Crippen LogP contribution in [0.3, 0.4) is 0 Å². The predicted octanol–water partition coefficient (Wildman–Crippen LogP) is 4.88. The second-order valence-electron chi connectivity index (χ2n) is 12.3. The van der Waals surface area contributed by atoms with E-state index in [1.807, 2.05) is 0 Å². The maximum Gasteiger partial charge on any atom is 0.220 e. The van der Waals surface area contributed by atoms with Crippen molar-refractivity contribution in [3.63, 3.8) is 0 Å². The van der Waals surface area contributed by atoms with Gasteiger partial charge in [-0.15, -0.1) is 0 Å². The van der Waals surface area contributed by atoms with E-state index >= 15 is 0 Å². The summed E-state index contributed by atoms with van der Waals surface area (Å²) in [7, 11) is 0. The fraction of sp³-hybridized carbons (Fsp3) is 0.970. The van der Waals surface area contributed by atoms with Crippen LogP contribution in [0.15, 0.2) is 0 Å². The maximum absolute atomic E-state index is 12.5. The van der Waals surface area contributed by atoms with Gasteiger partial charge in [-0.1, -0.05) is 129 Å². The van der Waals surface area contributed by atoms with Gasteiger partial charge in [0.15, 0.2) is 6.29 Å². The number of hydrogen-bond donors (Lipinski definition) is 6. The Bertz CT molecular complexity index is 637. The third-order valence-corrected chi connectivity index (χ3v) is 8.46. The molecule has 1 rings (SSSR count). The normalized spacial score (nSPS) is 24.0. The third-order valence-electron chi connectivity index (χ3n) is 8.46. The van der Waals surface area contributed by atoms with E-state index < -0.39 is 49.5 Å². The number of aliphatic hydroxyl groups is 5. The van der Waals surface area contributed by atoms with Crippen LogP contribution in [0.4, 0.5) is 0 Å². The van der Waals surface area contributed by atoms with Crippen molar-refractivity contribution in [2.75, 3.05) is 13.2 Å². The van der Waals surface area contributed by atoms with Crippen molar-refractivity contribution in [2.45, 2.75) is 192 Å². The quantitative estimate of drug-likeness (QED) is 0.0728. The SMILES string of the molecule is CCCCCCCCCCCCCCCCCCC(O)C(COC1OC(CO)C(O)C(O)C1O)NC(=O)CCCCC. The molecule has 9 heteroatoms. The first kappa shape index (κ1) is 39.2. The van der Waals surface area contributed by atoms with Crippen LogP contribution in [0.2, 0.25) is 0 Å². The zero-order valence-electron chi connectivity index (χ0n) is 26.8. The van der Waals surface area contributed by atoms with Crippen LogP contribution in [0.1, 0.15) is 149 Å². The van der Waals surface area contributed by atoms with Gasteiger partial charge in [0.1, 0.15) is 24.4 Å². The first-order chi connectivity index (χ1) is 20.3. The molecular weight excluding hydrogens is 538 g/mol. The summed E-state index contributed by atoms with van der Waals surface area (Å²) in [6.07, 6.45) is 16.2. The van der Waals surface area contributed by atoms with E-state index in [0.717, 1.165) is 38.5 Å². The fourth-order valence-electron chi connectivity index (χ4n) is 5.57. The van der Waals surface area contributed by atoms with Crippen LogP contribution in [0, 0.1) is 0 Å². The van der Waals surface area contributed by atoms with Crippen molar-refractivity contribution in [2.24, 2.45) is 0 Å². The average molecular weight is 604 g/mol. The molecule has 0 aromatic heterocycles. The summed E-state index contributed by atoms with van der Waals surface area (Å²) in [5.74, 6) is -0.170. The molecule has 250 valence electrons. The molecular formula is C33H65NO8. The summed E-state index contributed by atoms with van der Waals surface area (Å²) in [5.41, 5.74) is 0. The van der Waals surface area contributed by atoms with Crippen molar-refractivity contribution in [1.29, 1.82) is 0 Å². The summed E-state index contributed by atoms with van der Waals surface area (Å²) in [4.78, 5) is 12.5. The van der Waals surface area contributed by atoms with Gasteiger partial charge in [0.05, 0.1) is 25.4 Å². The van der Waals surface area contributed by atoms with Gasteiger partial charge >= 0.3 is 0 Å². The molecule has 7 unspecified atom stereocenters. The molecule has 1 heterocycles. The lowest BCUT2D eigenvalue weighted by molar-refractivity contribution is -0.302. The Kier molecular flexibility index (Phi) is 23.8. The standard InChI is InChI=1S/C33H65NO8/c1-3-5-7-8-9-10-11-12-13-14-15-16-17-18-19-21-22-27(36)26(34-29(37)23-20-6-4-2)25-41-33-32(40)31(39)30(38)28(24-35)42-33/h26-28,30-33,35-36,38-40H,3-25H2,1-2H3,(H,34,37). The minimum atomic E-state index is -1.54. The van der Waals surface area contributed by atoms with Crippen molar-refractivity contribution in [3.8, 4) is 0 Å². The molecule has 0 radical (unpaired) electrons. The van der Waals surface area contributed by atoms with Gasteiger partial charge < -0.3 is 40.3 Å². The summed E-state index contributed by atoms with van der Waals surface area (Å²) >= 11 is 0. The predicted molar refractivity (Wildman–Crippen MR) is 166 cm³/mol. The number of carbonyl (C=O) groups is 1. The number of amides is 1. The molecule has 1 aliphatic rings. The largest absolute Gasteiger partial charge is 0.394 e. The Morgan fingerprint density at radius 3 is 1.69 bits per heavy atom. The smallest absolute Gasteiger partial charge is 0.220 e. The van der Waals surface area contributed by atoms with Gasteiger partial charge in [-0.05, 0) is 12.8 Å². The second-order valence-corrected chi connectivity index (χ2v) is 12.3. The Balaban J connectivity index is 2.30. The van der Waals surface area contributed by atoms with Gasteiger partial charge in [-0.3, -0.25) is 4.79 Å². The van der Waals surface area contributed by atoms with E-state index in [-0.39, 0.29) is 12.5 Å². The second kappa shape index (κ2) is 25.5. The molecule has 0 bridgehead atoms. The van der Waals surface area contributed by atoms with Gasteiger partial charge in [0.25, 0.3) is 0 Å². The van der Waals surface area contributed by atoms with Gasteiger partial charge in [-0.25, -0.2) is 0 Å². The number of rotatable bonds is 27. The van der Waals surface area contributed by atoms with Crippen LogP contribution in [-0.4, -0.2) is 87.5 Å². The highest BCUT2D eigenvalue weighted by Gasteiger charge is 2.44. The van der Waals surface area contributed by atoms with Crippen molar-refractivity contribution < 1.29 is 39.8 Å². The van der Waals surface area contributed by atoms with Gasteiger partial charge in [0.2, 0.25) is 5.91 Å². The van der Waals surface area contributed by atoms with Crippen LogP contribution in [0.5, 0.6) is 0 Å². The molecule has 0 aromatic carbocycles. The van der Waals surface area contributed by atoms with E-state index in [1.54, 1.807) is 0 Å². The maximum atomic E-state index is 12.5. The zero-order valence-corrected chi connectivity index (χ0v) is 26.8. The number of carbonyl (C=O) groups excluding carboxylic acids is 1. The minimum absolute atomic E-state index is 0.137. The van der Waals surface area contributed by atoms with Crippen molar-refractivity contribution >= 4 is 5.91 Å². The summed E-state index contributed by atoms with van der Waals surface area (Å²) < 4.78 is 11.1. The summed E-state index contributed by atoms with van der Waals surface area (Å²) in [6, 6.07) is -0.706. The average Bonchev–Trinajstić information content (AvgIpc) is 2.98. The van der Waals surface area contributed by atoms with Crippen LogP contribution in [-0.2, 0) is 14.3 Å². The van der Waals surface area contributed by atoms with Crippen LogP contribution < -0.4 is 5.32 Å². The zero-order chi connectivity index (χ0) is 31.0. The number of ether oxygens (including phenoxy) is 2. The van der Waals surface area contributed by atoms with Crippen molar-refractivity contribution in [1.82, 2.24) is 5.32 Å². The monoisotopic (exact) mass is 603 g/mol. The first-order valence-electron chi connectivity index (χ1n) is 17.2. The third kappa shape index (κ3) is 17.5. The molecule has 6 N–H and O–H groups in total. The molecule has 0 aliphatic carbocycles. The molecule has 1 amide bonds. The highest BCUT2D eigenvalue weighted by atomic mass is 16.7. The summed E-state index contributed by atoms with van der Waals surface area (Å²) in [6.45, 7) is 3.64. The van der Waals surface area contributed by atoms with Crippen LogP contribution in [0.25, 0.3) is 0 Å². The van der Waals surface area contributed by atoms with E-state index in [2.05, 4.69) is 19.2 Å². The highest BCUT2D eigenvalue weighted by molar-refractivity contribution is 5.76. The lowest BCUT2D eigenvalue weighted by atomic mass is 9.99. The number of nitrogens with one attached hydrogen (secondary N) is 1. The number of unbranched alkanes of at least 4 members (excludes halogenated alkanes) is 17. The Morgan fingerprint density at radius 1 is 0.714 bits per heavy atom. The molecule has 0 saturated carbocycles. The number of aliphatic hydroxyl groups excluding tert-OH is 5. The Morgan fingerprint density at radius 2 is 1.19 bits per heavy atom. The van der Waals surface area contributed by atoms with E-state index in [0.29, 0.717) is 12.8 Å². The van der Waals surface area contributed by atoms with Gasteiger partial charge in [-0.2, -0.15) is 0 Å². The van der Waals surface area contributed by atoms with E-state index in [4.69, 9.17) is 9.47 Å². The van der Waals surface area contributed by atoms with Crippen LogP contribution >= 0.6 is 0 Å². The first-order valence-corrected chi connectivity index (χ1v) is 17.2. The summed E-state index contributed by atoms with van der Waals surface area (Å²) in [5, 5.41) is 53.5. The molecule has 7 atom stereocenters. The molecule has 1 saturated heterocycles. The van der Waals surface area contributed by atoms with Crippen molar-refractivity contribution in [3.05, 3.63) is 0 Å². The highest BCUT2D eigenvalue weighted by Crippen LogP contribution is 2.23.